The summed E-state index contributed by atoms with van der Waals surface area (Å²) in [5.74, 6) is 1.72. The number of fused-ring (bicyclic) bond motifs is 1. The second-order valence-electron chi connectivity index (χ2n) is 6.32. The molecule has 0 aliphatic heterocycles. The van der Waals surface area contributed by atoms with Gasteiger partial charge in [0.05, 0.1) is 16.4 Å². The molecule has 4 heteroatoms. The highest BCUT2D eigenvalue weighted by Crippen LogP contribution is 2.53. The Morgan fingerprint density at radius 2 is 2.05 bits per heavy atom. The molecule has 1 fully saturated rings. The molecule has 0 amide bonds. The number of halogens is 2. The van der Waals surface area contributed by atoms with Crippen LogP contribution in [0.1, 0.15) is 44.8 Å². The van der Waals surface area contributed by atoms with E-state index in [0.29, 0.717) is 11.3 Å². The van der Waals surface area contributed by atoms with Crippen LogP contribution in [0.2, 0.25) is 0 Å². The molecule has 20 heavy (non-hydrogen) atoms. The maximum absolute atomic E-state index is 6.36. The zero-order valence-electron chi connectivity index (χ0n) is 12.2. The number of nitrogens with zero attached hydrogens (tertiary/aromatic N) is 2. The van der Waals surface area contributed by atoms with E-state index in [1.165, 1.54) is 21.9 Å². The van der Waals surface area contributed by atoms with Crippen molar-refractivity contribution < 1.29 is 0 Å². The molecule has 108 valence electrons. The Hall–Kier alpha value is -0.290. The van der Waals surface area contributed by atoms with Crippen LogP contribution in [0.25, 0.3) is 11.0 Å². The molecule has 0 saturated heterocycles. The van der Waals surface area contributed by atoms with Gasteiger partial charge < -0.3 is 4.57 Å². The summed E-state index contributed by atoms with van der Waals surface area (Å²) in [5, 5.41) is -0.0528. The van der Waals surface area contributed by atoms with E-state index in [1.54, 1.807) is 0 Å². The van der Waals surface area contributed by atoms with Crippen LogP contribution in [0.15, 0.2) is 18.2 Å². The molecule has 0 spiro atoms. The molecule has 1 aromatic heterocycles. The number of imidazole rings is 1. The van der Waals surface area contributed by atoms with Crippen molar-refractivity contribution in [1.82, 2.24) is 9.55 Å². The third-order valence-corrected chi connectivity index (χ3v) is 5.55. The smallest absolute Gasteiger partial charge is 0.127 e. The maximum Gasteiger partial charge on any atom is 0.127 e. The Morgan fingerprint density at radius 1 is 1.35 bits per heavy atom. The number of hydrogen-bond donors (Lipinski definition) is 0. The Morgan fingerprint density at radius 3 is 2.60 bits per heavy atom. The lowest BCUT2D eigenvalue weighted by molar-refractivity contribution is 0.308. The fourth-order valence-corrected chi connectivity index (χ4v) is 3.63. The highest BCUT2D eigenvalue weighted by molar-refractivity contribution is 14.1. The summed E-state index contributed by atoms with van der Waals surface area (Å²) in [6.07, 6.45) is 2.65. The van der Waals surface area contributed by atoms with E-state index in [9.17, 15) is 0 Å². The lowest BCUT2D eigenvalue weighted by atomic mass is 9.92. The van der Waals surface area contributed by atoms with Gasteiger partial charge in [0.2, 0.25) is 0 Å². The first-order chi connectivity index (χ1) is 9.43. The second-order valence-corrected chi connectivity index (χ2v) is 8.22. The van der Waals surface area contributed by atoms with E-state index < -0.39 is 0 Å². The first kappa shape index (κ1) is 14.6. The topological polar surface area (TPSA) is 17.8 Å². The van der Waals surface area contributed by atoms with Crippen LogP contribution in [0, 0.1) is 14.9 Å². The van der Waals surface area contributed by atoms with Gasteiger partial charge in [-0.25, -0.2) is 4.98 Å². The van der Waals surface area contributed by atoms with E-state index in [1.807, 2.05) is 6.92 Å². The van der Waals surface area contributed by atoms with Crippen molar-refractivity contribution in [1.29, 1.82) is 0 Å². The number of rotatable bonds is 4. The van der Waals surface area contributed by atoms with Crippen molar-refractivity contribution in [2.75, 3.05) is 0 Å². The molecule has 0 radical (unpaired) electrons. The normalized spacial score (nSPS) is 18.7. The van der Waals surface area contributed by atoms with Gasteiger partial charge >= 0.3 is 0 Å². The van der Waals surface area contributed by atoms with Crippen molar-refractivity contribution in [2.24, 2.45) is 11.3 Å². The highest BCUT2D eigenvalue weighted by Gasteiger charge is 2.46. The van der Waals surface area contributed by atoms with Gasteiger partial charge in [-0.05, 0) is 71.9 Å². The van der Waals surface area contributed by atoms with Gasteiger partial charge in [-0.2, -0.15) is 0 Å². The Kier molecular flexibility index (Phi) is 3.78. The van der Waals surface area contributed by atoms with E-state index in [4.69, 9.17) is 16.6 Å². The molecule has 3 rings (SSSR count). The van der Waals surface area contributed by atoms with E-state index in [-0.39, 0.29) is 5.38 Å². The standard InChI is InChI=1S/C16H20ClIN2/c1-10(2)16(6-7-16)9-20-14-5-4-12(18)8-13(14)19-15(20)11(3)17/h4-5,8,10-11H,6-7,9H2,1-3H3. The predicted molar refractivity (Wildman–Crippen MR) is 93.2 cm³/mol. The lowest BCUT2D eigenvalue weighted by Gasteiger charge is -2.22. The minimum Gasteiger partial charge on any atom is -0.326 e. The highest BCUT2D eigenvalue weighted by atomic mass is 127. The van der Waals surface area contributed by atoms with Crippen LogP contribution in [0.3, 0.4) is 0 Å². The summed E-state index contributed by atoms with van der Waals surface area (Å²) >= 11 is 8.70. The molecule has 2 nitrogen and oxygen atoms in total. The Balaban J connectivity index is 2.10. The van der Waals surface area contributed by atoms with Crippen LogP contribution in [0.5, 0.6) is 0 Å². The lowest BCUT2D eigenvalue weighted by Crippen LogP contribution is -2.19. The molecular formula is C16H20ClIN2. The van der Waals surface area contributed by atoms with Gasteiger partial charge in [0.1, 0.15) is 5.82 Å². The van der Waals surface area contributed by atoms with Crippen LogP contribution in [-0.2, 0) is 6.54 Å². The van der Waals surface area contributed by atoms with Gasteiger partial charge in [0.25, 0.3) is 0 Å². The van der Waals surface area contributed by atoms with Crippen molar-refractivity contribution in [3.63, 3.8) is 0 Å². The van der Waals surface area contributed by atoms with Crippen LogP contribution in [-0.4, -0.2) is 9.55 Å². The van der Waals surface area contributed by atoms with Crippen LogP contribution >= 0.6 is 34.2 Å². The monoisotopic (exact) mass is 402 g/mol. The van der Waals surface area contributed by atoms with E-state index >= 15 is 0 Å². The second kappa shape index (κ2) is 5.16. The zero-order chi connectivity index (χ0) is 14.5. The molecule has 1 aliphatic carbocycles. The summed E-state index contributed by atoms with van der Waals surface area (Å²) in [5.41, 5.74) is 2.75. The SMILES string of the molecule is CC(Cl)c1nc2cc(I)ccc2n1CC1(C(C)C)CC1. The average Bonchev–Trinajstić information content (AvgIpc) is 3.07. The molecule has 1 saturated carbocycles. The summed E-state index contributed by atoms with van der Waals surface area (Å²) in [4.78, 5) is 4.77. The quantitative estimate of drug-likeness (QED) is 0.496. The number of alkyl halides is 1. The van der Waals surface area contributed by atoms with Crippen LogP contribution in [0.4, 0.5) is 0 Å². The molecule has 1 aliphatic rings. The average molecular weight is 403 g/mol. The molecule has 1 atom stereocenters. The van der Waals surface area contributed by atoms with Gasteiger partial charge in [0.15, 0.2) is 0 Å². The fraction of sp³-hybridized carbons (Fsp3) is 0.562. The third-order valence-electron chi connectivity index (χ3n) is 4.69. The maximum atomic E-state index is 6.36. The number of benzene rings is 1. The Labute approximate surface area is 139 Å². The summed E-state index contributed by atoms with van der Waals surface area (Å²) < 4.78 is 3.58. The van der Waals surface area contributed by atoms with Crippen molar-refractivity contribution >= 4 is 45.2 Å². The van der Waals surface area contributed by atoms with Crippen molar-refractivity contribution in [2.45, 2.75) is 45.5 Å². The van der Waals surface area contributed by atoms with Crippen LogP contribution < -0.4 is 0 Å². The zero-order valence-corrected chi connectivity index (χ0v) is 15.1. The first-order valence-electron chi connectivity index (χ1n) is 7.23. The molecule has 0 bridgehead atoms. The summed E-state index contributed by atoms with van der Waals surface area (Å²) in [6.45, 7) is 7.73. The molecular weight excluding hydrogens is 383 g/mol. The molecule has 1 aromatic carbocycles. The van der Waals surface area contributed by atoms with Gasteiger partial charge in [-0.15, -0.1) is 11.6 Å². The summed E-state index contributed by atoms with van der Waals surface area (Å²) in [7, 11) is 0. The largest absolute Gasteiger partial charge is 0.326 e. The Bertz CT molecular complexity index is 641. The predicted octanol–water partition coefficient (Wildman–Crippen LogP) is 5.38. The van der Waals surface area contributed by atoms with Crippen molar-refractivity contribution in [3.05, 3.63) is 27.6 Å². The minimum absolute atomic E-state index is 0.0528. The van der Waals surface area contributed by atoms with E-state index in [2.05, 4.69) is 59.2 Å². The molecule has 1 heterocycles. The number of hydrogen-bond acceptors (Lipinski definition) is 1. The molecule has 0 N–H and O–H groups in total. The van der Waals surface area contributed by atoms with E-state index in [0.717, 1.165) is 17.9 Å². The van der Waals surface area contributed by atoms with Crippen molar-refractivity contribution in [3.8, 4) is 0 Å². The summed E-state index contributed by atoms with van der Waals surface area (Å²) in [6, 6.07) is 6.48. The molecule has 2 aromatic rings. The first-order valence-corrected chi connectivity index (χ1v) is 8.74. The fourth-order valence-electron chi connectivity index (χ4n) is 2.98. The number of aromatic nitrogens is 2. The van der Waals surface area contributed by atoms with Gasteiger partial charge in [-0.1, -0.05) is 13.8 Å². The van der Waals surface area contributed by atoms with Gasteiger partial charge in [-0.3, -0.25) is 0 Å². The third kappa shape index (κ3) is 2.47. The van der Waals surface area contributed by atoms with Gasteiger partial charge in [0, 0.05) is 10.1 Å². The minimum atomic E-state index is -0.0528. The molecule has 1 unspecified atom stereocenters.